The summed E-state index contributed by atoms with van der Waals surface area (Å²) in [6, 6.07) is 10.2. The Morgan fingerprint density at radius 1 is 1.07 bits per heavy atom. The van der Waals surface area contributed by atoms with Crippen LogP contribution in [-0.2, 0) is 0 Å². The van der Waals surface area contributed by atoms with Crippen LogP contribution in [0.2, 0.25) is 0 Å². The predicted molar refractivity (Wildman–Crippen MR) is 60.0 cm³/mol. The Bertz CT molecular complexity index is 415. The Kier molecular flexibility index (Phi) is 2.27. The van der Waals surface area contributed by atoms with Crippen molar-refractivity contribution in [3.63, 3.8) is 0 Å². The van der Waals surface area contributed by atoms with Crippen molar-refractivity contribution in [1.82, 2.24) is 4.98 Å². The Morgan fingerprint density at radius 2 is 1.79 bits per heavy atom. The number of aromatic nitrogens is 1. The quantitative estimate of drug-likeness (QED) is 0.739. The number of hydrogen-bond donors (Lipinski definition) is 2. The van der Waals surface area contributed by atoms with E-state index in [9.17, 15) is 0 Å². The number of para-hydroxylation sites is 1. The fourth-order valence-electron chi connectivity index (χ4n) is 1.41. The van der Waals surface area contributed by atoms with Gasteiger partial charge in [0.05, 0.1) is 5.69 Å². The number of H-pyrrole nitrogens is 1. The van der Waals surface area contributed by atoms with Crippen LogP contribution < -0.4 is 5.32 Å². The number of anilines is 2. The summed E-state index contributed by atoms with van der Waals surface area (Å²) >= 11 is 0. The number of aromatic amines is 1. The molecule has 2 rings (SSSR count). The lowest BCUT2D eigenvalue weighted by Gasteiger charge is -2.04. The normalized spacial score (nSPS) is 10.1. The lowest BCUT2D eigenvalue weighted by Crippen LogP contribution is -1.89. The minimum absolute atomic E-state index is 1.12. The molecule has 2 heteroatoms. The van der Waals surface area contributed by atoms with Gasteiger partial charge in [0.1, 0.15) is 0 Å². The summed E-state index contributed by atoms with van der Waals surface area (Å²) in [5, 5.41) is 3.36. The molecular formula is C12H14N2. The summed E-state index contributed by atoms with van der Waals surface area (Å²) < 4.78 is 0. The van der Waals surface area contributed by atoms with Gasteiger partial charge in [-0.2, -0.15) is 0 Å². The zero-order chi connectivity index (χ0) is 9.97. The monoisotopic (exact) mass is 186 g/mol. The Balaban J connectivity index is 2.23. The van der Waals surface area contributed by atoms with E-state index >= 15 is 0 Å². The highest BCUT2D eigenvalue weighted by molar-refractivity contribution is 5.63. The number of rotatable bonds is 2. The molecule has 0 aliphatic rings. The smallest absolute Gasteiger partial charge is 0.0594 e. The second-order valence-electron chi connectivity index (χ2n) is 3.44. The van der Waals surface area contributed by atoms with Crippen LogP contribution in [0, 0.1) is 13.8 Å². The molecule has 0 atom stereocenters. The van der Waals surface area contributed by atoms with E-state index in [0.717, 1.165) is 11.4 Å². The molecule has 72 valence electrons. The molecule has 0 spiro atoms. The molecule has 14 heavy (non-hydrogen) atoms. The summed E-state index contributed by atoms with van der Waals surface area (Å²) in [7, 11) is 0. The second kappa shape index (κ2) is 3.58. The predicted octanol–water partition coefficient (Wildman–Crippen LogP) is 3.38. The van der Waals surface area contributed by atoms with E-state index in [-0.39, 0.29) is 0 Å². The molecular weight excluding hydrogens is 172 g/mol. The maximum Gasteiger partial charge on any atom is 0.0594 e. The molecule has 0 saturated heterocycles. The first-order valence-corrected chi connectivity index (χ1v) is 4.74. The van der Waals surface area contributed by atoms with Crippen molar-refractivity contribution in [2.75, 3.05) is 5.32 Å². The molecule has 0 fully saturated rings. The van der Waals surface area contributed by atoms with Crippen LogP contribution in [0.15, 0.2) is 36.5 Å². The van der Waals surface area contributed by atoms with Gasteiger partial charge in [0.15, 0.2) is 0 Å². The fourth-order valence-corrected chi connectivity index (χ4v) is 1.41. The molecule has 1 aromatic carbocycles. The van der Waals surface area contributed by atoms with Gasteiger partial charge in [-0.15, -0.1) is 0 Å². The van der Waals surface area contributed by atoms with E-state index < -0.39 is 0 Å². The molecule has 0 amide bonds. The maximum absolute atomic E-state index is 3.36. The van der Waals surface area contributed by atoms with Gasteiger partial charge in [0.25, 0.3) is 0 Å². The summed E-state index contributed by atoms with van der Waals surface area (Å²) in [5.41, 5.74) is 4.75. The summed E-state index contributed by atoms with van der Waals surface area (Å²) in [6.45, 7) is 4.18. The van der Waals surface area contributed by atoms with Crippen LogP contribution in [0.1, 0.15) is 11.3 Å². The van der Waals surface area contributed by atoms with Crippen molar-refractivity contribution < 1.29 is 0 Å². The van der Waals surface area contributed by atoms with Crippen LogP contribution in [-0.4, -0.2) is 4.98 Å². The molecule has 2 N–H and O–H groups in total. The fraction of sp³-hybridized carbons (Fsp3) is 0.167. The Labute approximate surface area is 84.0 Å². The first kappa shape index (κ1) is 8.88. The van der Waals surface area contributed by atoms with Crippen molar-refractivity contribution in [3.8, 4) is 0 Å². The van der Waals surface area contributed by atoms with Gasteiger partial charge in [-0.3, -0.25) is 0 Å². The molecule has 0 bridgehead atoms. The first-order chi connectivity index (χ1) is 6.77. The molecule has 0 unspecified atom stereocenters. The molecule has 0 radical (unpaired) electrons. The second-order valence-corrected chi connectivity index (χ2v) is 3.44. The average Bonchev–Trinajstić information content (AvgIpc) is 2.52. The highest BCUT2D eigenvalue weighted by Crippen LogP contribution is 2.21. The van der Waals surface area contributed by atoms with E-state index in [2.05, 4.69) is 36.3 Å². The Hall–Kier alpha value is -1.70. The standard InChI is InChI=1S/C12H14N2/c1-9-10(2)13-8-12(9)14-11-6-4-3-5-7-11/h3-8,13-14H,1-2H3. The van der Waals surface area contributed by atoms with Crippen LogP contribution >= 0.6 is 0 Å². The minimum atomic E-state index is 1.12. The van der Waals surface area contributed by atoms with E-state index in [1.807, 2.05) is 24.4 Å². The number of benzene rings is 1. The van der Waals surface area contributed by atoms with Crippen molar-refractivity contribution in [2.24, 2.45) is 0 Å². The molecule has 1 heterocycles. The average molecular weight is 186 g/mol. The van der Waals surface area contributed by atoms with Crippen LogP contribution in [0.3, 0.4) is 0 Å². The molecule has 0 saturated carbocycles. The third kappa shape index (κ3) is 1.64. The SMILES string of the molecule is Cc1[nH]cc(Nc2ccccc2)c1C. The number of hydrogen-bond acceptors (Lipinski definition) is 1. The number of nitrogens with one attached hydrogen (secondary N) is 2. The molecule has 2 nitrogen and oxygen atoms in total. The first-order valence-electron chi connectivity index (χ1n) is 4.74. The van der Waals surface area contributed by atoms with Gasteiger partial charge in [0.2, 0.25) is 0 Å². The van der Waals surface area contributed by atoms with E-state index in [0.29, 0.717) is 0 Å². The van der Waals surface area contributed by atoms with Gasteiger partial charge in [-0.1, -0.05) is 18.2 Å². The van der Waals surface area contributed by atoms with Crippen LogP contribution in [0.5, 0.6) is 0 Å². The van der Waals surface area contributed by atoms with Crippen molar-refractivity contribution >= 4 is 11.4 Å². The van der Waals surface area contributed by atoms with Gasteiger partial charge in [-0.05, 0) is 31.5 Å². The van der Waals surface area contributed by atoms with Crippen LogP contribution in [0.25, 0.3) is 0 Å². The highest BCUT2D eigenvalue weighted by atomic mass is 14.9. The van der Waals surface area contributed by atoms with E-state index in [4.69, 9.17) is 0 Å². The van der Waals surface area contributed by atoms with E-state index in [1.165, 1.54) is 11.3 Å². The molecule has 1 aromatic heterocycles. The summed E-state index contributed by atoms with van der Waals surface area (Å²) in [6.07, 6.45) is 2.00. The molecule has 0 aliphatic heterocycles. The lowest BCUT2D eigenvalue weighted by atomic mass is 10.2. The maximum atomic E-state index is 3.36. The van der Waals surface area contributed by atoms with E-state index in [1.54, 1.807) is 0 Å². The van der Waals surface area contributed by atoms with Gasteiger partial charge in [-0.25, -0.2) is 0 Å². The van der Waals surface area contributed by atoms with Crippen molar-refractivity contribution in [1.29, 1.82) is 0 Å². The third-order valence-corrected chi connectivity index (χ3v) is 2.45. The van der Waals surface area contributed by atoms with Crippen molar-refractivity contribution in [3.05, 3.63) is 47.8 Å². The number of aryl methyl sites for hydroxylation is 1. The Morgan fingerprint density at radius 3 is 2.36 bits per heavy atom. The van der Waals surface area contributed by atoms with Crippen LogP contribution in [0.4, 0.5) is 11.4 Å². The topological polar surface area (TPSA) is 27.8 Å². The summed E-state index contributed by atoms with van der Waals surface area (Å²) in [4.78, 5) is 3.19. The lowest BCUT2D eigenvalue weighted by molar-refractivity contribution is 1.23. The zero-order valence-electron chi connectivity index (χ0n) is 8.46. The van der Waals surface area contributed by atoms with Gasteiger partial charge < -0.3 is 10.3 Å². The molecule has 0 aliphatic carbocycles. The molecule has 2 aromatic rings. The third-order valence-electron chi connectivity index (χ3n) is 2.45. The minimum Gasteiger partial charge on any atom is -0.363 e. The van der Waals surface area contributed by atoms with Gasteiger partial charge >= 0.3 is 0 Å². The van der Waals surface area contributed by atoms with Gasteiger partial charge in [0, 0.05) is 17.6 Å². The summed E-state index contributed by atoms with van der Waals surface area (Å²) in [5.74, 6) is 0. The largest absolute Gasteiger partial charge is 0.363 e. The zero-order valence-corrected chi connectivity index (χ0v) is 8.46. The van der Waals surface area contributed by atoms with Crippen molar-refractivity contribution in [2.45, 2.75) is 13.8 Å². The highest BCUT2D eigenvalue weighted by Gasteiger charge is 2.02.